The first-order valence-corrected chi connectivity index (χ1v) is 3.89. The molecule has 4 nitrogen and oxygen atoms in total. The third kappa shape index (κ3) is 10.4. The quantitative estimate of drug-likeness (QED) is 0.548. The number of hydrogen-bond acceptors (Lipinski definition) is 4. The van der Waals surface area contributed by atoms with E-state index >= 15 is 0 Å². The summed E-state index contributed by atoms with van der Waals surface area (Å²) in [6, 6.07) is 0. The van der Waals surface area contributed by atoms with Crippen LogP contribution in [0.15, 0.2) is 44.3 Å². The summed E-state index contributed by atoms with van der Waals surface area (Å²) in [6.45, 7) is 8.81. The lowest BCUT2D eigenvalue weighted by Crippen LogP contribution is -2.11. The SMILES string of the molecule is C=CCNCC=C.c1ncncn1. The molecule has 0 amide bonds. The first kappa shape index (κ1) is 11.4. The van der Waals surface area contributed by atoms with Gasteiger partial charge in [-0.1, -0.05) is 12.2 Å². The van der Waals surface area contributed by atoms with Gasteiger partial charge in [0, 0.05) is 13.1 Å². The van der Waals surface area contributed by atoms with Crippen molar-refractivity contribution < 1.29 is 0 Å². The molecule has 1 rings (SSSR count). The summed E-state index contributed by atoms with van der Waals surface area (Å²) in [5.74, 6) is 0. The number of hydrogen-bond donors (Lipinski definition) is 1. The van der Waals surface area contributed by atoms with Crippen LogP contribution in [0.25, 0.3) is 0 Å². The molecular formula is C9H14N4. The van der Waals surface area contributed by atoms with Crippen molar-refractivity contribution >= 4 is 0 Å². The predicted octanol–water partition coefficient (Wildman–Crippen LogP) is 0.820. The number of aromatic nitrogens is 3. The zero-order valence-electron chi connectivity index (χ0n) is 7.56. The second-order valence-corrected chi connectivity index (χ2v) is 2.03. The maximum atomic E-state index is 3.56. The summed E-state index contributed by atoms with van der Waals surface area (Å²) in [7, 11) is 0. The first-order chi connectivity index (χ1) is 6.41. The molecule has 0 aliphatic rings. The van der Waals surface area contributed by atoms with E-state index in [0.717, 1.165) is 13.1 Å². The lowest BCUT2D eigenvalue weighted by molar-refractivity contribution is 0.845. The summed E-state index contributed by atoms with van der Waals surface area (Å²) in [4.78, 5) is 10.7. The molecule has 0 saturated carbocycles. The highest BCUT2D eigenvalue weighted by atomic mass is 14.9. The van der Waals surface area contributed by atoms with Crippen LogP contribution in [0.1, 0.15) is 0 Å². The first-order valence-electron chi connectivity index (χ1n) is 3.89. The smallest absolute Gasteiger partial charge is 0.119 e. The van der Waals surface area contributed by atoms with Gasteiger partial charge in [0.15, 0.2) is 0 Å². The molecule has 0 aliphatic carbocycles. The van der Waals surface area contributed by atoms with Crippen LogP contribution in [0.5, 0.6) is 0 Å². The van der Waals surface area contributed by atoms with Crippen LogP contribution in [0.3, 0.4) is 0 Å². The summed E-state index contributed by atoms with van der Waals surface area (Å²) in [5, 5.41) is 3.05. The molecule has 0 radical (unpaired) electrons. The summed E-state index contributed by atoms with van der Waals surface area (Å²) in [6.07, 6.45) is 7.96. The van der Waals surface area contributed by atoms with Crippen LogP contribution in [0.2, 0.25) is 0 Å². The number of nitrogens with one attached hydrogen (secondary N) is 1. The number of rotatable bonds is 4. The van der Waals surface area contributed by atoms with Crippen molar-refractivity contribution in [2.45, 2.75) is 0 Å². The second kappa shape index (κ2) is 10.4. The largest absolute Gasteiger partial charge is 0.310 e. The molecule has 0 spiro atoms. The van der Waals surface area contributed by atoms with Gasteiger partial charge >= 0.3 is 0 Å². The minimum atomic E-state index is 0.867. The van der Waals surface area contributed by atoms with Gasteiger partial charge in [0.1, 0.15) is 19.0 Å². The molecule has 70 valence electrons. The average Bonchev–Trinajstić information content (AvgIpc) is 2.22. The molecule has 1 heterocycles. The fraction of sp³-hybridized carbons (Fsp3) is 0.222. The standard InChI is InChI=1S/C6H11N.C3H3N3/c1-3-5-7-6-4-2;1-4-2-6-3-5-1/h3-4,7H,1-2,5-6H2;1-3H. The third-order valence-corrected chi connectivity index (χ3v) is 0.977. The van der Waals surface area contributed by atoms with Crippen molar-refractivity contribution in [2.24, 2.45) is 0 Å². The van der Waals surface area contributed by atoms with Gasteiger partial charge in [-0.25, -0.2) is 15.0 Å². The Balaban J connectivity index is 0.000000223. The van der Waals surface area contributed by atoms with Crippen LogP contribution >= 0.6 is 0 Å². The Kier molecular flexibility index (Phi) is 9.20. The maximum absolute atomic E-state index is 3.56. The van der Waals surface area contributed by atoms with Gasteiger partial charge in [-0.3, -0.25) is 0 Å². The molecule has 0 atom stereocenters. The highest BCUT2D eigenvalue weighted by Gasteiger charge is 1.69. The Labute approximate surface area is 78.5 Å². The highest BCUT2D eigenvalue weighted by molar-refractivity contribution is 4.75. The van der Waals surface area contributed by atoms with Gasteiger partial charge in [0.2, 0.25) is 0 Å². The minimum Gasteiger partial charge on any atom is -0.310 e. The van der Waals surface area contributed by atoms with Crippen LogP contribution in [-0.4, -0.2) is 28.0 Å². The molecule has 4 heteroatoms. The van der Waals surface area contributed by atoms with Gasteiger partial charge in [0.05, 0.1) is 0 Å². The molecule has 0 aliphatic heterocycles. The third-order valence-electron chi connectivity index (χ3n) is 0.977. The van der Waals surface area contributed by atoms with E-state index in [4.69, 9.17) is 0 Å². The highest BCUT2D eigenvalue weighted by Crippen LogP contribution is 1.59. The molecule has 1 N–H and O–H groups in total. The average molecular weight is 178 g/mol. The van der Waals surface area contributed by atoms with E-state index in [1.54, 1.807) is 0 Å². The zero-order chi connectivity index (χ0) is 9.78. The maximum Gasteiger partial charge on any atom is 0.119 e. The fourth-order valence-corrected chi connectivity index (χ4v) is 0.492. The van der Waals surface area contributed by atoms with Crippen molar-refractivity contribution in [3.63, 3.8) is 0 Å². The lowest BCUT2D eigenvalue weighted by Gasteiger charge is -1.90. The minimum absolute atomic E-state index is 0.867. The summed E-state index contributed by atoms with van der Waals surface area (Å²) < 4.78 is 0. The Morgan fingerprint density at radius 1 is 0.923 bits per heavy atom. The zero-order valence-corrected chi connectivity index (χ0v) is 7.56. The van der Waals surface area contributed by atoms with Gasteiger partial charge in [0.25, 0.3) is 0 Å². The molecule has 13 heavy (non-hydrogen) atoms. The van der Waals surface area contributed by atoms with Crippen molar-refractivity contribution in [1.29, 1.82) is 0 Å². The Bertz CT molecular complexity index is 175. The molecule has 0 aromatic carbocycles. The molecule has 0 saturated heterocycles. The summed E-state index contributed by atoms with van der Waals surface area (Å²) in [5.41, 5.74) is 0. The second-order valence-electron chi connectivity index (χ2n) is 2.03. The van der Waals surface area contributed by atoms with Gasteiger partial charge in [-0.05, 0) is 0 Å². The van der Waals surface area contributed by atoms with E-state index in [2.05, 4.69) is 33.4 Å². The van der Waals surface area contributed by atoms with E-state index in [9.17, 15) is 0 Å². The topological polar surface area (TPSA) is 50.7 Å². The van der Waals surface area contributed by atoms with Crippen LogP contribution < -0.4 is 5.32 Å². The normalized spacial score (nSPS) is 8.00. The lowest BCUT2D eigenvalue weighted by atomic mass is 10.5. The van der Waals surface area contributed by atoms with Gasteiger partial charge in [-0.2, -0.15) is 0 Å². The molecule has 0 fully saturated rings. The van der Waals surface area contributed by atoms with Crippen molar-refractivity contribution in [3.05, 3.63) is 44.3 Å². The van der Waals surface area contributed by atoms with Crippen molar-refractivity contribution in [1.82, 2.24) is 20.3 Å². The van der Waals surface area contributed by atoms with Crippen LogP contribution in [0, 0.1) is 0 Å². The van der Waals surface area contributed by atoms with Crippen LogP contribution in [-0.2, 0) is 0 Å². The van der Waals surface area contributed by atoms with E-state index in [1.165, 1.54) is 19.0 Å². The summed E-state index contributed by atoms with van der Waals surface area (Å²) >= 11 is 0. The Morgan fingerprint density at radius 3 is 1.54 bits per heavy atom. The van der Waals surface area contributed by atoms with Crippen LogP contribution in [0.4, 0.5) is 0 Å². The Hall–Kier alpha value is -1.55. The predicted molar refractivity (Wildman–Crippen MR) is 53.1 cm³/mol. The van der Waals surface area contributed by atoms with Gasteiger partial charge in [-0.15, -0.1) is 13.2 Å². The van der Waals surface area contributed by atoms with E-state index in [0.29, 0.717) is 0 Å². The van der Waals surface area contributed by atoms with E-state index in [1.807, 2.05) is 12.2 Å². The van der Waals surface area contributed by atoms with E-state index in [-0.39, 0.29) is 0 Å². The molecule has 1 aromatic heterocycles. The van der Waals surface area contributed by atoms with E-state index < -0.39 is 0 Å². The monoisotopic (exact) mass is 178 g/mol. The number of nitrogens with zero attached hydrogens (tertiary/aromatic N) is 3. The van der Waals surface area contributed by atoms with Gasteiger partial charge < -0.3 is 5.32 Å². The molecule has 1 aromatic rings. The molecule has 0 unspecified atom stereocenters. The molecular weight excluding hydrogens is 164 g/mol. The van der Waals surface area contributed by atoms with Crippen molar-refractivity contribution in [3.8, 4) is 0 Å². The Morgan fingerprint density at radius 2 is 1.31 bits per heavy atom. The fourth-order valence-electron chi connectivity index (χ4n) is 0.492. The molecule has 0 bridgehead atoms. The van der Waals surface area contributed by atoms with Crippen molar-refractivity contribution in [2.75, 3.05) is 13.1 Å².